The van der Waals surface area contributed by atoms with Crippen LogP contribution in [0.4, 0.5) is 0 Å². The summed E-state index contributed by atoms with van der Waals surface area (Å²) in [5, 5.41) is 0. The van der Waals surface area contributed by atoms with Gasteiger partial charge in [-0.3, -0.25) is 0 Å². The Labute approximate surface area is 64.8 Å². The van der Waals surface area contributed by atoms with Crippen molar-refractivity contribution in [3.8, 4) is 0 Å². The molecule has 0 N–H and O–H groups in total. The van der Waals surface area contributed by atoms with Crippen LogP contribution >= 0.6 is 0 Å². The Morgan fingerprint density at radius 3 is 1.50 bits per heavy atom. The predicted molar refractivity (Wildman–Crippen MR) is 45.2 cm³/mol. The first-order valence-electron chi connectivity index (χ1n) is 3.97. The van der Waals surface area contributed by atoms with E-state index in [1.807, 2.05) is 0 Å². The van der Waals surface area contributed by atoms with Crippen LogP contribution in [0.25, 0.3) is 0 Å². The first kappa shape index (κ1) is 9.96. The van der Waals surface area contributed by atoms with E-state index in [4.69, 9.17) is 4.74 Å². The maximum Gasteiger partial charge on any atom is 0.0631 e. The number of ether oxygens (including phenoxy) is 1. The summed E-state index contributed by atoms with van der Waals surface area (Å²) < 4.78 is 5.77. The molecule has 0 bridgehead atoms. The molecular formula is C9H20O. The van der Waals surface area contributed by atoms with Gasteiger partial charge in [-0.15, -0.1) is 0 Å². The predicted octanol–water partition coefficient (Wildman–Crippen LogP) is 2.99. The average molecular weight is 144 g/mol. The van der Waals surface area contributed by atoms with Gasteiger partial charge in [0.1, 0.15) is 0 Å². The fraction of sp³-hybridized carbons (Fsp3) is 1.00. The monoisotopic (exact) mass is 144 g/mol. The van der Waals surface area contributed by atoms with Crippen molar-refractivity contribution in [2.45, 2.75) is 59.2 Å². The molecule has 0 saturated carbocycles. The molecule has 0 aliphatic rings. The summed E-state index contributed by atoms with van der Waals surface area (Å²) in [6, 6.07) is 0. The first-order chi connectivity index (χ1) is 4.27. The lowest BCUT2D eigenvalue weighted by Crippen LogP contribution is -2.34. The van der Waals surface area contributed by atoms with Crippen LogP contribution in [0.1, 0.15) is 48.0 Å². The van der Waals surface area contributed by atoms with E-state index in [0.717, 1.165) is 6.42 Å². The SMILES string of the molecule is CCC(C)(C)OC(C)(C)C. The second-order valence-electron chi connectivity index (χ2n) is 4.33. The van der Waals surface area contributed by atoms with E-state index in [-0.39, 0.29) is 11.2 Å². The summed E-state index contributed by atoms with van der Waals surface area (Å²) in [7, 11) is 0. The van der Waals surface area contributed by atoms with Gasteiger partial charge in [-0.2, -0.15) is 0 Å². The van der Waals surface area contributed by atoms with Crippen LogP contribution in [0, 0.1) is 0 Å². The van der Waals surface area contributed by atoms with Gasteiger partial charge in [0.25, 0.3) is 0 Å². The van der Waals surface area contributed by atoms with Gasteiger partial charge in [-0.25, -0.2) is 0 Å². The highest BCUT2D eigenvalue weighted by atomic mass is 16.5. The normalized spacial score (nSPS) is 13.8. The Morgan fingerprint density at radius 1 is 1.00 bits per heavy atom. The minimum Gasteiger partial charge on any atom is -0.370 e. The summed E-state index contributed by atoms with van der Waals surface area (Å²) in [6.45, 7) is 12.7. The van der Waals surface area contributed by atoms with Crippen molar-refractivity contribution in [2.75, 3.05) is 0 Å². The van der Waals surface area contributed by atoms with E-state index in [2.05, 4.69) is 41.5 Å². The zero-order valence-electron chi connectivity index (χ0n) is 8.12. The number of hydrogen-bond donors (Lipinski definition) is 0. The molecule has 62 valence electrons. The van der Waals surface area contributed by atoms with Crippen LogP contribution in [0.3, 0.4) is 0 Å². The molecule has 1 nitrogen and oxygen atoms in total. The van der Waals surface area contributed by atoms with Gasteiger partial charge in [0.15, 0.2) is 0 Å². The summed E-state index contributed by atoms with van der Waals surface area (Å²) >= 11 is 0. The Kier molecular flexibility index (Phi) is 2.90. The highest BCUT2D eigenvalue weighted by Gasteiger charge is 2.23. The van der Waals surface area contributed by atoms with E-state index in [1.54, 1.807) is 0 Å². The molecule has 0 aromatic rings. The van der Waals surface area contributed by atoms with E-state index in [0.29, 0.717) is 0 Å². The van der Waals surface area contributed by atoms with Crippen molar-refractivity contribution in [2.24, 2.45) is 0 Å². The maximum absolute atomic E-state index is 5.77. The van der Waals surface area contributed by atoms with Gasteiger partial charge < -0.3 is 4.74 Å². The highest BCUT2D eigenvalue weighted by molar-refractivity contribution is 4.71. The van der Waals surface area contributed by atoms with Crippen molar-refractivity contribution < 1.29 is 4.74 Å². The fourth-order valence-electron chi connectivity index (χ4n) is 0.901. The standard InChI is InChI=1S/C9H20O/c1-7-9(5,6)10-8(2,3)4/h7H2,1-6H3. The molecule has 1 heteroatoms. The largest absolute Gasteiger partial charge is 0.370 e. The van der Waals surface area contributed by atoms with Crippen molar-refractivity contribution in [1.29, 1.82) is 0 Å². The molecule has 0 aliphatic heterocycles. The Balaban J connectivity index is 3.89. The van der Waals surface area contributed by atoms with Crippen LogP contribution in [0.2, 0.25) is 0 Å². The van der Waals surface area contributed by atoms with Crippen LogP contribution in [-0.4, -0.2) is 11.2 Å². The van der Waals surface area contributed by atoms with Crippen molar-refractivity contribution >= 4 is 0 Å². The molecule has 0 rings (SSSR count). The van der Waals surface area contributed by atoms with E-state index >= 15 is 0 Å². The summed E-state index contributed by atoms with van der Waals surface area (Å²) in [6.07, 6.45) is 1.06. The molecule has 0 aliphatic carbocycles. The van der Waals surface area contributed by atoms with Gasteiger partial charge in [0, 0.05) is 0 Å². The summed E-state index contributed by atoms with van der Waals surface area (Å²) in [4.78, 5) is 0. The number of hydrogen-bond acceptors (Lipinski definition) is 1. The molecule has 0 aromatic heterocycles. The van der Waals surface area contributed by atoms with Crippen molar-refractivity contribution in [1.82, 2.24) is 0 Å². The van der Waals surface area contributed by atoms with Crippen molar-refractivity contribution in [3.05, 3.63) is 0 Å². The maximum atomic E-state index is 5.77. The third-order valence-corrected chi connectivity index (χ3v) is 1.43. The van der Waals surface area contributed by atoms with E-state index in [1.165, 1.54) is 0 Å². The fourth-order valence-corrected chi connectivity index (χ4v) is 0.901. The molecule has 10 heavy (non-hydrogen) atoms. The minimum atomic E-state index is -0.0144. The second kappa shape index (κ2) is 2.91. The molecule has 0 atom stereocenters. The lowest BCUT2D eigenvalue weighted by atomic mass is 10.0. The van der Waals surface area contributed by atoms with Crippen LogP contribution in [-0.2, 0) is 4.74 Å². The zero-order chi connectivity index (χ0) is 8.41. The lowest BCUT2D eigenvalue weighted by molar-refractivity contribution is -0.113. The minimum absolute atomic E-state index is 0.0144. The Bertz CT molecular complexity index is 97.8. The third kappa shape index (κ3) is 4.80. The van der Waals surface area contributed by atoms with Crippen LogP contribution < -0.4 is 0 Å². The van der Waals surface area contributed by atoms with Gasteiger partial charge in [-0.05, 0) is 41.0 Å². The van der Waals surface area contributed by atoms with Crippen LogP contribution in [0.5, 0.6) is 0 Å². The molecule has 0 radical (unpaired) electrons. The number of rotatable bonds is 2. The lowest BCUT2D eigenvalue weighted by Gasteiger charge is -2.32. The van der Waals surface area contributed by atoms with Gasteiger partial charge in [0.2, 0.25) is 0 Å². The molecular weight excluding hydrogens is 124 g/mol. The van der Waals surface area contributed by atoms with Gasteiger partial charge in [0.05, 0.1) is 11.2 Å². The van der Waals surface area contributed by atoms with E-state index < -0.39 is 0 Å². The van der Waals surface area contributed by atoms with Crippen molar-refractivity contribution in [3.63, 3.8) is 0 Å². The first-order valence-corrected chi connectivity index (χ1v) is 3.97. The van der Waals surface area contributed by atoms with Crippen LogP contribution in [0.15, 0.2) is 0 Å². The summed E-state index contributed by atoms with van der Waals surface area (Å²) in [5.41, 5.74) is 0.0117. The molecule has 0 amide bonds. The highest BCUT2D eigenvalue weighted by Crippen LogP contribution is 2.21. The molecule has 0 aromatic carbocycles. The molecule has 0 heterocycles. The summed E-state index contributed by atoms with van der Waals surface area (Å²) in [5.74, 6) is 0. The third-order valence-electron chi connectivity index (χ3n) is 1.43. The molecule has 0 fully saturated rings. The average Bonchev–Trinajstić information content (AvgIpc) is 1.60. The molecule has 0 spiro atoms. The smallest absolute Gasteiger partial charge is 0.0631 e. The quantitative estimate of drug-likeness (QED) is 0.579. The Morgan fingerprint density at radius 2 is 1.40 bits per heavy atom. The molecule has 0 unspecified atom stereocenters. The van der Waals surface area contributed by atoms with Gasteiger partial charge in [-0.1, -0.05) is 6.92 Å². The second-order valence-corrected chi connectivity index (χ2v) is 4.33. The Hall–Kier alpha value is -0.0400. The van der Waals surface area contributed by atoms with E-state index in [9.17, 15) is 0 Å². The van der Waals surface area contributed by atoms with Gasteiger partial charge >= 0.3 is 0 Å². The zero-order valence-corrected chi connectivity index (χ0v) is 8.12. The topological polar surface area (TPSA) is 9.23 Å². The molecule has 0 saturated heterocycles.